The summed E-state index contributed by atoms with van der Waals surface area (Å²) in [6, 6.07) is 9.47. The number of amides is 3. The third-order valence-electron chi connectivity index (χ3n) is 4.62. The summed E-state index contributed by atoms with van der Waals surface area (Å²) < 4.78 is 4.98. The van der Waals surface area contributed by atoms with Crippen LogP contribution in [0.1, 0.15) is 32.4 Å². The van der Waals surface area contributed by atoms with Crippen LogP contribution in [0, 0.1) is 0 Å². The minimum absolute atomic E-state index is 0.0325. The van der Waals surface area contributed by atoms with E-state index in [2.05, 4.69) is 0 Å². The van der Waals surface area contributed by atoms with Gasteiger partial charge in [0.1, 0.15) is 6.54 Å². The molecule has 0 spiro atoms. The molecule has 142 valence electrons. The highest BCUT2D eigenvalue weighted by Crippen LogP contribution is 2.20. The van der Waals surface area contributed by atoms with Crippen molar-refractivity contribution in [3.05, 3.63) is 35.9 Å². The zero-order chi connectivity index (χ0) is 19.1. The van der Waals surface area contributed by atoms with Crippen LogP contribution >= 0.6 is 0 Å². The van der Waals surface area contributed by atoms with Crippen molar-refractivity contribution in [2.75, 3.05) is 39.3 Å². The number of benzene rings is 1. The van der Waals surface area contributed by atoms with Gasteiger partial charge in [0.2, 0.25) is 11.8 Å². The summed E-state index contributed by atoms with van der Waals surface area (Å²) in [5, 5.41) is 0. The molecule has 1 heterocycles. The lowest BCUT2D eigenvalue weighted by molar-refractivity contribution is -0.142. The lowest BCUT2D eigenvalue weighted by atomic mass is 10.1. The zero-order valence-corrected chi connectivity index (χ0v) is 15.7. The van der Waals surface area contributed by atoms with Gasteiger partial charge in [-0.3, -0.25) is 9.59 Å². The van der Waals surface area contributed by atoms with Crippen molar-refractivity contribution < 1.29 is 19.1 Å². The van der Waals surface area contributed by atoms with E-state index in [0.29, 0.717) is 32.8 Å². The molecular formula is C19H27N3O4. The predicted octanol–water partition coefficient (Wildman–Crippen LogP) is 1.90. The van der Waals surface area contributed by atoms with Crippen LogP contribution in [0.2, 0.25) is 0 Å². The number of piperazine rings is 1. The fourth-order valence-electron chi connectivity index (χ4n) is 3.03. The molecule has 3 amide bonds. The van der Waals surface area contributed by atoms with Crippen LogP contribution in [0.15, 0.2) is 30.3 Å². The van der Waals surface area contributed by atoms with Crippen molar-refractivity contribution in [2.45, 2.75) is 26.8 Å². The van der Waals surface area contributed by atoms with E-state index >= 15 is 0 Å². The average molecular weight is 361 g/mol. The summed E-state index contributed by atoms with van der Waals surface area (Å²) in [4.78, 5) is 41.3. The molecule has 1 aliphatic heterocycles. The number of nitrogens with zero attached hydrogens (tertiary/aromatic N) is 3. The average Bonchev–Trinajstić information content (AvgIpc) is 2.66. The van der Waals surface area contributed by atoms with Crippen LogP contribution < -0.4 is 0 Å². The van der Waals surface area contributed by atoms with Gasteiger partial charge in [0.25, 0.3) is 0 Å². The van der Waals surface area contributed by atoms with Crippen molar-refractivity contribution in [1.29, 1.82) is 0 Å². The molecule has 2 rings (SSSR count). The van der Waals surface area contributed by atoms with E-state index in [1.807, 2.05) is 37.3 Å². The van der Waals surface area contributed by atoms with Crippen molar-refractivity contribution in [3.63, 3.8) is 0 Å². The Kier molecular flexibility index (Phi) is 7.00. The Labute approximate surface area is 154 Å². The van der Waals surface area contributed by atoms with Gasteiger partial charge in [-0.2, -0.15) is 0 Å². The lowest BCUT2D eigenvalue weighted by Gasteiger charge is -2.36. The molecule has 0 N–H and O–H groups in total. The highest BCUT2D eigenvalue weighted by molar-refractivity contribution is 5.84. The molecule has 1 fully saturated rings. The molecular weight excluding hydrogens is 334 g/mol. The van der Waals surface area contributed by atoms with Gasteiger partial charge in [-0.05, 0) is 19.4 Å². The molecule has 1 aliphatic rings. The van der Waals surface area contributed by atoms with Crippen LogP contribution in [-0.4, -0.2) is 71.9 Å². The van der Waals surface area contributed by atoms with Crippen molar-refractivity contribution >= 4 is 17.9 Å². The molecule has 26 heavy (non-hydrogen) atoms. The summed E-state index contributed by atoms with van der Waals surface area (Å²) in [6.45, 7) is 7.31. The van der Waals surface area contributed by atoms with Gasteiger partial charge < -0.3 is 19.4 Å². The third-order valence-corrected chi connectivity index (χ3v) is 4.62. The maximum absolute atomic E-state index is 12.6. The van der Waals surface area contributed by atoms with E-state index in [1.165, 1.54) is 6.92 Å². The van der Waals surface area contributed by atoms with E-state index in [9.17, 15) is 14.4 Å². The summed E-state index contributed by atoms with van der Waals surface area (Å²) in [5.41, 5.74) is 0.989. The van der Waals surface area contributed by atoms with Gasteiger partial charge in [0.15, 0.2) is 0 Å². The number of carbonyl (C=O) groups is 3. The highest BCUT2D eigenvalue weighted by atomic mass is 16.6. The van der Waals surface area contributed by atoms with Crippen LogP contribution in [0.25, 0.3) is 0 Å². The fourth-order valence-corrected chi connectivity index (χ4v) is 3.03. The Bertz CT molecular complexity index is 627. The van der Waals surface area contributed by atoms with Gasteiger partial charge in [-0.25, -0.2) is 4.79 Å². The van der Waals surface area contributed by atoms with Crippen molar-refractivity contribution in [2.24, 2.45) is 0 Å². The Morgan fingerprint density at radius 2 is 1.65 bits per heavy atom. The molecule has 0 saturated carbocycles. The number of hydrogen-bond acceptors (Lipinski definition) is 4. The molecule has 0 aliphatic carbocycles. The topological polar surface area (TPSA) is 70.2 Å². The fraction of sp³-hybridized carbons (Fsp3) is 0.526. The molecule has 1 unspecified atom stereocenters. The number of carbonyl (C=O) groups excluding carboxylic acids is 3. The normalized spacial score (nSPS) is 15.3. The molecule has 1 atom stereocenters. The SMILES string of the molecule is CCOC(=O)N1CCN(C(=O)CN(C(C)=O)C(C)c2ccccc2)CC1. The minimum Gasteiger partial charge on any atom is -0.450 e. The number of ether oxygens (including phenoxy) is 1. The Morgan fingerprint density at radius 1 is 1.08 bits per heavy atom. The second-order valence-electron chi connectivity index (χ2n) is 6.30. The summed E-state index contributed by atoms with van der Waals surface area (Å²) >= 11 is 0. The predicted molar refractivity (Wildman–Crippen MR) is 97.4 cm³/mol. The van der Waals surface area contributed by atoms with E-state index < -0.39 is 0 Å². The van der Waals surface area contributed by atoms with Crippen LogP contribution in [0.3, 0.4) is 0 Å². The first-order chi connectivity index (χ1) is 12.4. The second-order valence-corrected chi connectivity index (χ2v) is 6.30. The quantitative estimate of drug-likeness (QED) is 0.803. The van der Waals surface area contributed by atoms with Gasteiger partial charge in [0.05, 0.1) is 12.6 Å². The lowest BCUT2D eigenvalue weighted by Crippen LogP contribution is -2.53. The van der Waals surface area contributed by atoms with E-state index in [1.54, 1.807) is 21.6 Å². The largest absolute Gasteiger partial charge is 0.450 e. The molecule has 0 radical (unpaired) electrons. The first-order valence-corrected chi connectivity index (χ1v) is 8.95. The third kappa shape index (κ3) is 4.97. The standard InChI is InChI=1S/C19H27N3O4/c1-4-26-19(25)21-12-10-20(11-13-21)18(24)14-22(16(3)23)15(2)17-8-6-5-7-9-17/h5-9,15H,4,10-14H2,1-3H3. The van der Waals surface area contributed by atoms with Crippen LogP contribution in [0.4, 0.5) is 4.79 Å². The second kappa shape index (κ2) is 9.22. The monoisotopic (exact) mass is 361 g/mol. The maximum atomic E-state index is 12.6. The smallest absolute Gasteiger partial charge is 0.409 e. The van der Waals surface area contributed by atoms with E-state index in [-0.39, 0.29) is 30.5 Å². The van der Waals surface area contributed by atoms with Gasteiger partial charge in [-0.15, -0.1) is 0 Å². The van der Waals surface area contributed by atoms with Crippen molar-refractivity contribution in [1.82, 2.24) is 14.7 Å². The molecule has 0 aromatic heterocycles. The molecule has 0 bridgehead atoms. The minimum atomic E-state index is -0.345. The van der Waals surface area contributed by atoms with E-state index in [0.717, 1.165) is 5.56 Å². The molecule has 7 heteroatoms. The Morgan fingerprint density at radius 3 is 2.19 bits per heavy atom. The summed E-state index contributed by atoms with van der Waals surface area (Å²) in [5.74, 6) is -0.244. The molecule has 1 saturated heterocycles. The van der Waals surface area contributed by atoms with Gasteiger partial charge >= 0.3 is 6.09 Å². The van der Waals surface area contributed by atoms with Crippen molar-refractivity contribution in [3.8, 4) is 0 Å². The first-order valence-electron chi connectivity index (χ1n) is 8.95. The molecule has 1 aromatic carbocycles. The Balaban J connectivity index is 1.94. The molecule has 1 aromatic rings. The highest BCUT2D eigenvalue weighted by Gasteiger charge is 2.28. The number of hydrogen-bond donors (Lipinski definition) is 0. The van der Waals surface area contributed by atoms with Crippen LogP contribution in [0.5, 0.6) is 0 Å². The van der Waals surface area contributed by atoms with Gasteiger partial charge in [0, 0.05) is 33.1 Å². The number of rotatable bonds is 5. The van der Waals surface area contributed by atoms with Gasteiger partial charge in [-0.1, -0.05) is 30.3 Å². The maximum Gasteiger partial charge on any atom is 0.409 e. The van der Waals surface area contributed by atoms with Crippen LogP contribution in [-0.2, 0) is 14.3 Å². The zero-order valence-electron chi connectivity index (χ0n) is 15.7. The Hall–Kier alpha value is -2.57. The summed E-state index contributed by atoms with van der Waals surface area (Å²) in [7, 11) is 0. The molecule has 7 nitrogen and oxygen atoms in total. The first kappa shape index (κ1) is 19.8. The van der Waals surface area contributed by atoms with E-state index in [4.69, 9.17) is 4.74 Å². The summed E-state index contributed by atoms with van der Waals surface area (Å²) in [6.07, 6.45) is -0.345.